The second-order valence-electron chi connectivity index (χ2n) is 5.41. The number of urea groups is 1. The number of nitrogens with zero attached hydrogens (tertiary/aromatic N) is 1. The van der Waals surface area contributed by atoms with Crippen molar-refractivity contribution in [1.82, 2.24) is 10.3 Å². The highest BCUT2D eigenvalue weighted by Crippen LogP contribution is 2.23. The summed E-state index contributed by atoms with van der Waals surface area (Å²) in [6.07, 6.45) is 0.524. The minimum atomic E-state index is -0.637. The first kappa shape index (κ1) is 18.1. The summed E-state index contributed by atoms with van der Waals surface area (Å²) in [4.78, 5) is 27.4. The fourth-order valence-electron chi connectivity index (χ4n) is 2.31. The Bertz CT molecular complexity index is 992. The number of hydrogen-bond acceptors (Lipinski definition) is 4. The summed E-state index contributed by atoms with van der Waals surface area (Å²) in [6.45, 7) is 0.362. The Morgan fingerprint density at radius 2 is 2.04 bits per heavy atom. The van der Waals surface area contributed by atoms with Gasteiger partial charge in [-0.3, -0.25) is 4.79 Å². The average Bonchev–Trinajstić information content (AvgIpc) is 2.96. The molecule has 3 rings (SSSR count). The fraction of sp³-hybridized carbons (Fsp3) is 0.118. The van der Waals surface area contributed by atoms with Gasteiger partial charge in [0.2, 0.25) is 5.91 Å². The van der Waals surface area contributed by atoms with E-state index in [0.717, 1.165) is 9.71 Å². The van der Waals surface area contributed by atoms with Crippen molar-refractivity contribution < 1.29 is 14.0 Å². The van der Waals surface area contributed by atoms with E-state index in [-0.39, 0.29) is 16.4 Å². The molecule has 26 heavy (non-hydrogen) atoms. The van der Waals surface area contributed by atoms with Crippen LogP contribution in [0.1, 0.15) is 15.4 Å². The van der Waals surface area contributed by atoms with Crippen LogP contribution in [0.3, 0.4) is 0 Å². The number of aromatic nitrogens is 1. The molecule has 9 heteroatoms. The molecule has 0 unspecified atom stereocenters. The van der Waals surface area contributed by atoms with Crippen molar-refractivity contribution >= 4 is 50.8 Å². The number of benzene rings is 2. The van der Waals surface area contributed by atoms with Gasteiger partial charge in [-0.25, -0.2) is 14.2 Å². The van der Waals surface area contributed by atoms with Gasteiger partial charge in [0, 0.05) is 24.7 Å². The molecule has 3 amide bonds. The van der Waals surface area contributed by atoms with Crippen molar-refractivity contribution in [3.63, 3.8) is 0 Å². The number of fused-ring (bicyclic) bond motifs is 1. The number of nitrogens with two attached hydrogens (primary N) is 1. The number of nitrogens with one attached hydrogen (secondary N) is 2. The van der Waals surface area contributed by atoms with Gasteiger partial charge in [0.1, 0.15) is 5.82 Å². The molecule has 0 bridgehead atoms. The van der Waals surface area contributed by atoms with Crippen LogP contribution in [-0.4, -0.2) is 23.5 Å². The molecule has 0 fully saturated rings. The highest BCUT2D eigenvalue weighted by molar-refractivity contribution is 7.18. The highest BCUT2D eigenvalue weighted by Gasteiger charge is 2.09. The number of halogens is 2. The van der Waals surface area contributed by atoms with Crippen LogP contribution in [0, 0.1) is 5.82 Å². The normalized spacial score (nSPS) is 10.7. The SMILES string of the molecule is NC(=O)c1ccc(NC(=O)NCCc2nc3cc(F)ccc3s2)cc1Cl. The zero-order chi connectivity index (χ0) is 18.7. The Morgan fingerprint density at radius 3 is 2.77 bits per heavy atom. The molecule has 0 saturated carbocycles. The molecular formula is C17H14ClFN4O2S. The standard InChI is InChI=1S/C17H14ClFN4O2S/c18-12-8-10(2-3-11(12)16(20)24)22-17(25)21-6-5-15-23-13-7-9(19)1-4-14(13)26-15/h1-4,7-8H,5-6H2,(H2,20,24)(H2,21,22,25). The monoisotopic (exact) mass is 392 g/mol. The fourth-order valence-corrected chi connectivity index (χ4v) is 3.53. The van der Waals surface area contributed by atoms with E-state index in [2.05, 4.69) is 15.6 Å². The van der Waals surface area contributed by atoms with Crippen molar-refractivity contribution in [2.45, 2.75) is 6.42 Å². The first-order valence-electron chi connectivity index (χ1n) is 7.61. The Hall–Kier alpha value is -2.71. The maximum absolute atomic E-state index is 13.2. The Labute approximate surface area is 157 Å². The second-order valence-corrected chi connectivity index (χ2v) is 6.93. The number of rotatable bonds is 5. The van der Waals surface area contributed by atoms with E-state index in [9.17, 15) is 14.0 Å². The van der Waals surface area contributed by atoms with E-state index in [1.165, 1.54) is 41.7 Å². The molecule has 0 radical (unpaired) electrons. The molecule has 0 aliphatic heterocycles. The van der Waals surface area contributed by atoms with Gasteiger partial charge in [-0.2, -0.15) is 0 Å². The van der Waals surface area contributed by atoms with Crippen molar-refractivity contribution in [3.8, 4) is 0 Å². The van der Waals surface area contributed by atoms with Gasteiger partial charge >= 0.3 is 6.03 Å². The molecule has 0 aliphatic carbocycles. The van der Waals surface area contributed by atoms with Crippen LogP contribution in [0.5, 0.6) is 0 Å². The molecule has 1 aromatic heterocycles. The number of hydrogen-bond donors (Lipinski definition) is 3. The topological polar surface area (TPSA) is 97.1 Å². The molecule has 2 aromatic carbocycles. The lowest BCUT2D eigenvalue weighted by atomic mass is 10.2. The van der Waals surface area contributed by atoms with Gasteiger partial charge in [0.15, 0.2) is 0 Å². The zero-order valence-corrected chi connectivity index (χ0v) is 15.0. The number of anilines is 1. The van der Waals surface area contributed by atoms with E-state index in [1.54, 1.807) is 6.07 Å². The molecule has 0 spiro atoms. The predicted molar refractivity (Wildman–Crippen MR) is 100 cm³/mol. The van der Waals surface area contributed by atoms with E-state index >= 15 is 0 Å². The number of thiazole rings is 1. The lowest BCUT2D eigenvalue weighted by Gasteiger charge is -2.08. The molecular weight excluding hydrogens is 379 g/mol. The minimum absolute atomic E-state index is 0.164. The molecule has 4 N–H and O–H groups in total. The van der Waals surface area contributed by atoms with Gasteiger partial charge in [-0.05, 0) is 30.3 Å². The summed E-state index contributed by atoms with van der Waals surface area (Å²) >= 11 is 7.39. The van der Waals surface area contributed by atoms with Crippen molar-refractivity contribution in [3.05, 3.63) is 57.8 Å². The lowest BCUT2D eigenvalue weighted by Crippen LogP contribution is -2.30. The van der Waals surface area contributed by atoms with Gasteiger partial charge in [-0.15, -0.1) is 11.3 Å². The number of carbonyl (C=O) groups is 2. The second kappa shape index (κ2) is 7.67. The lowest BCUT2D eigenvalue weighted by molar-refractivity contribution is 0.100. The van der Waals surface area contributed by atoms with Crippen LogP contribution < -0.4 is 16.4 Å². The van der Waals surface area contributed by atoms with E-state index in [1.807, 2.05) is 0 Å². The molecule has 0 aliphatic rings. The van der Waals surface area contributed by atoms with Crippen molar-refractivity contribution in [2.75, 3.05) is 11.9 Å². The first-order valence-corrected chi connectivity index (χ1v) is 8.81. The first-order chi connectivity index (χ1) is 12.4. The molecule has 3 aromatic rings. The molecule has 134 valence electrons. The smallest absolute Gasteiger partial charge is 0.319 e. The summed E-state index contributed by atoms with van der Waals surface area (Å²) in [5.41, 5.74) is 6.41. The summed E-state index contributed by atoms with van der Waals surface area (Å²) in [5, 5.41) is 6.29. The third-order valence-electron chi connectivity index (χ3n) is 3.51. The Kier molecular flexibility index (Phi) is 5.34. The summed E-state index contributed by atoms with van der Waals surface area (Å²) in [6, 6.07) is 8.47. The maximum atomic E-state index is 13.2. The van der Waals surface area contributed by atoms with Gasteiger partial charge in [0.05, 0.1) is 25.8 Å². The summed E-state index contributed by atoms with van der Waals surface area (Å²) in [5.74, 6) is -0.963. The quantitative estimate of drug-likeness (QED) is 0.619. The third-order valence-corrected chi connectivity index (χ3v) is 4.92. The molecule has 1 heterocycles. The third kappa shape index (κ3) is 4.27. The maximum Gasteiger partial charge on any atom is 0.319 e. The Balaban J connectivity index is 1.53. The van der Waals surface area contributed by atoms with Crippen LogP contribution >= 0.6 is 22.9 Å². The molecule has 0 atom stereocenters. The van der Waals surface area contributed by atoms with Crippen LogP contribution in [-0.2, 0) is 6.42 Å². The van der Waals surface area contributed by atoms with Gasteiger partial charge < -0.3 is 16.4 Å². The van der Waals surface area contributed by atoms with Crippen molar-refractivity contribution in [1.29, 1.82) is 0 Å². The van der Waals surface area contributed by atoms with Crippen LogP contribution in [0.15, 0.2) is 36.4 Å². The highest BCUT2D eigenvalue weighted by atomic mass is 35.5. The predicted octanol–water partition coefficient (Wildman–Crippen LogP) is 3.55. The minimum Gasteiger partial charge on any atom is -0.366 e. The largest absolute Gasteiger partial charge is 0.366 e. The van der Waals surface area contributed by atoms with Crippen LogP contribution in [0.4, 0.5) is 14.9 Å². The molecule has 0 saturated heterocycles. The number of primary amides is 1. The van der Waals surface area contributed by atoms with Crippen LogP contribution in [0.25, 0.3) is 10.2 Å². The Morgan fingerprint density at radius 1 is 1.23 bits per heavy atom. The summed E-state index contributed by atoms with van der Waals surface area (Å²) < 4.78 is 14.1. The molecule has 6 nitrogen and oxygen atoms in total. The van der Waals surface area contributed by atoms with E-state index in [0.29, 0.717) is 24.2 Å². The van der Waals surface area contributed by atoms with Crippen LogP contribution in [0.2, 0.25) is 5.02 Å². The number of carbonyl (C=O) groups excluding carboxylic acids is 2. The van der Waals surface area contributed by atoms with E-state index < -0.39 is 11.9 Å². The number of amides is 3. The zero-order valence-electron chi connectivity index (χ0n) is 13.4. The summed E-state index contributed by atoms with van der Waals surface area (Å²) in [7, 11) is 0. The van der Waals surface area contributed by atoms with Gasteiger partial charge in [-0.1, -0.05) is 11.6 Å². The average molecular weight is 393 g/mol. The van der Waals surface area contributed by atoms with Crippen molar-refractivity contribution in [2.24, 2.45) is 5.73 Å². The van der Waals surface area contributed by atoms with Gasteiger partial charge in [0.25, 0.3) is 0 Å². The van der Waals surface area contributed by atoms with E-state index in [4.69, 9.17) is 17.3 Å².